The third-order valence-electron chi connectivity index (χ3n) is 6.10. The Bertz CT molecular complexity index is 1030. The van der Waals surface area contributed by atoms with Crippen LogP contribution in [0.25, 0.3) is 0 Å². The maximum absolute atomic E-state index is 13.0. The number of carbonyl (C=O) groups is 1. The first-order chi connectivity index (χ1) is 14.7. The van der Waals surface area contributed by atoms with Gasteiger partial charge in [-0.2, -0.15) is 0 Å². The number of benzene rings is 2. The van der Waals surface area contributed by atoms with Crippen molar-refractivity contribution in [1.29, 1.82) is 0 Å². The second kappa shape index (κ2) is 8.63. The van der Waals surface area contributed by atoms with Crippen LogP contribution in [-0.4, -0.2) is 37.3 Å². The minimum atomic E-state index is -3.38. The van der Waals surface area contributed by atoms with Crippen LogP contribution in [0.2, 0.25) is 0 Å². The zero-order chi connectivity index (χ0) is 22.1. The summed E-state index contributed by atoms with van der Waals surface area (Å²) >= 11 is 0. The minimum Gasteiger partial charge on any atom is -0.487 e. The third kappa shape index (κ3) is 5.10. The highest BCUT2D eigenvalue weighted by molar-refractivity contribution is 7.88. The topological polar surface area (TPSA) is 75.7 Å². The molecule has 1 fully saturated rings. The summed E-state index contributed by atoms with van der Waals surface area (Å²) in [6.07, 6.45) is 1.77. The molecule has 0 bridgehead atoms. The van der Waals surface area contributed by atoms with Crippen LogP contribution in [0.1, 0.15) is 50.3 Å². The predicted molar refractivity (Wildman–Crippen MR) is 120 cm³/mol. The summed E-state index contributed by atoms with van der Waals surface area (Å²) < 4.78 is 33.1. The molecule has 0 aliphatic carbocycles. The average Bonchev–Trinajstić information content (AvgIpc) is 2.73. The van der Waals surface area contributed by atoms with Crippen molar-refractivity contribution in [2.75, 3.05) is 13.1 Å². The Morgan fingerprint density at radius 2 is 1.71 bits per heavy atom. The Morgan fingerprint density at radius 1 is 1.06 bits per heavy atom. The molecule has 0 radical (unpaired) electrons. The van der Waals surface area contributed by atoms with Gasteiger partial charge in [-0.1, -0.05) is 48.5 Å². The standard InChI is InChI=1S/C24H30N2O4S/c1-24(2)16-21(20-10-6-7-11-22(20)30-24)25-23(27)19-12-14-26(15-13-19)31(28,29)17-18-8-4-3-5-9-18/h3-11,19,21H,12-17H2,1-2H3,(H,25,27)/t21-/m0/s1. The van der Waals surface area contributed by atoms with Crippen molar-refractivity contribution in [3.8, 4) is 5.75 Å². The molecular weight excluding hydrogens is 412 g/mol. The molecule has 2 aromatic carbocycles. The summed E-state index contributed by atoms with van der Waals surface area (Å²) in [6.45, 7) is 4.81. The molecule has 2 aliphatic heterocycles. The van der Waals surface area contributed by atoms with Gasteiger partial charge in [-0.3, -0.25) is 4.79 Å². The van der Waals surface area contributed by atoms with E-state index < -0.39 is 10.0 Å². The van der Waals surface area contributed by atoms with Crippen LogP contribution in [0.4, 0.5) is 0 Å². The number of amides is 1. The van der Waals surface area contributed by atoms with Crippen LogP contribution in [0.3, 0.4) is 0 Å². The molecule has 2 aliphatic rings. The van der Waals surface area contributed by atoms with E-state index in [0.29, 0.717) is 32.4 Å². The van der Waals surface area contributed by atoms with Gasteiger partial charge in [-0.05, 0) is 38.3 Å². The highest BCUT2D eigenvalue weighted by atomic mass is 32.2. The molecule has 166 valence electrons. The van der Waals surface area contributed by atoms with Crippen LogP contribution < -0.4 is 10.1 Å². The molecule has 1 saturated heterocycles. The first kappa shape index (κ1) is 21.8. The lowest BCUT2D eigenvalue weighted by Crippen LogP contribution is -2.46. The van der Waals surface area contributed by atoms with Crippen molar-refractivity contribution in [3.63, 3.8) is 0 Å². The van der Waals surface area contributed by atoms with Gasteiger partial charge in [0.15, 0.2) is 0 Å². The molecule has 0 spiro atoms. The van der Waals surface area contributed by atoms with E-state index in [2.05, 4.69) is 5.32 Å². The Kier molecular flexibility index (Phi) is 6.08. The molecule has 2 heterocycles. The lowest BCUT2D eigenvalue weighted by atomic mass is 9.88. The van der Waals surface area contributed by atoms with Gasteiger partial charge in [0, 0.05) is 31.0 Å². The average molecular weight is 443 g/mol. The lowest BCUT2D eigenvalue weighted by Gasteiger charge is -2.39. The molecule has 1 amide bonds. The summed E-state index contributed by atoms with van der Waals surface area (Å²) in [5.41, 5.74) is 1.42. The Morgan fingerprint density at radius 3 is 2.42 bits per heavy atom. The number of piperidine rings is 1. The van der Waals surface area contributed by atoms with Crippen LogP contribution in [0.5, 0.6) is 5.75 Å². The van der Waals surface area contributed by atoms with Gasteiger partial charge in [0.1, 0.15) is 11.4 Å². The van der Waals surface area contributed by atoms with E-state index in [1.807, 2.05) is 68.4 Å². The summed E-state index contributed by atoms with van der Waals surface area (Å²) in [7, 11) is -3.38. The second-order valence-electron chi connectivity index (χ2n) is 9.08. The van der Waals surface area contributed by atoms with E-state index in [4.69, 9.17) is 4.74 Å². The molecule has 1 atom stereocenters. The molecule has 0 saturated carbocycles. The predicted octanol–water partition coefficient (Wildman–Crippen LogP) is 3.65. The number of hydrogen-bond donors (Lipinski definition) is 1. The molecule has 6 nitrogen and oxygen atoms in total. The van der Waals surface area contributed by atoms with E-state index in [-0.39, 0.29) is 29.2 Å². The van der Waals surface area contributed by atoms with Crippen molar-refractivity contribution in [2.45, 2.75) is 50.5 Å². The number of fused-ring (bicyclic) bond motifs is 1. The number of nitrogens with one attached hydrogen (secondary N) is 1. The van der Waals surface area contributed by atoms with Crippen molar-refractivity contribution < 1.29 is 17.9 Å². The number of hydrogen-bond acceptors (Lipinski definition) is 4. The van der Waals surface area contributed by atoms with E-state index in [9.17, 15) is 13.2 Å². The summed E-state index contributed by atoms with van der Waals surface area (Å²) in [5, 5.41) is 3.21. The van der Waals surface area contributed by atoms with Crippen molar-refractivity contribution >= 4 is 15.9 Å². The molecule has 2 aromatic rings. The first-order valence-electron chi connectivity index (χ1n) is 10.8. The van der Waals surface area contributed by atoms with Crippen LogP contribution in [0, 0.1) is 5.92 Å². The highest BCUT2D eigenvalue weighted by Crippen LogP contribution is 2.39. The monoisotopic (exact) mass is 442 g/mol. The molecule has 4 rings (SSSR count). The zero-order valence-electron chi connectivity index (χ0n) is 18.1. The Balaban J connectivity index is 1.37. The Labute approximate surface area is 184 Å². The maximum Gasteiger partial charge on any atom is 0.223 e. The van der Waals surface area contributed by atoms with Gasteiger partial charge in [0.2, 0.25) is 15.9 Å². The van der Waals surface area contributed by atoms with Gasteiger partial charge < -0.3 is 10.1 Å². The fourth-order valence-corrected chi connectivity index (χ4v) is 6.06. The molecule has 7 heteroatoms. The highest BCUT2D eigenvalue weighted by Gasteiger charge is 2.37. The fraction of sp³-hybridized carbons (Fsp3) is 0.458. The SMILES string of the molecule is CC1(C)C[C@H](NC(=O)C2CCN(S(=O)(=O)Cc3ccccc3)CC2)c2ccccc2O1. The minimum absolute atomic E-state index is 0.00135. The number of nitrogens with zero attached hydrogens (tertiary/aromatic N) is 1. The van der Waals surface area contributed by atoms with E-state index in [0.717, 1.165) is 16.9 Å². The van der Waals surface area contributed by atoms with Gasteiger partial charge in [0.05, 0.1) is 11.8 Å². The van der Waals surface area contributed by atoms with E-state index >= 15 is 0 Å². The van der Waals surface area contributed by atoms with Crippen LogP contribution >= 0.6 is 0 Å². The van der Waals surface area contributed by atoms with E-state index in [1.54, 1.807) is 0 Å². The quantitative estimate of drug-likeness (QED) is 0.767. The van der Waals surface area contributed by atoms with Crippen molar-refractivity contribution in [2.24, 2.45) is 5.92 Å². The van der Waals surface area contributed by atoms with Crippen molar-refractivity contribution in [3.05, 3.63) is 65.7 Å². The van der Waals surface area contributed by atoms with Gasteiger partial charge >= 0.3 is 0 Å². The summed E-state index contributed by atoms with van der Waals surface area (Å²) in [4.78, 5) is 13.0. The number of para-hydroxylation sites is 1. The molecule has 31 heavy (non-hydrogen) atoms. The number of rotatable bonds is 5. The van der Waals surface area contributed by atoms with Gasteiger partial charge in [-0.25, -0.2) is 12.7 Å². The maximum atomic E-state index is 13.0. The van der Waals surface area contributed by atoms with Crippen LogP contribution in [-0.2, 0) is 20.6 Å². The largest absolute Gasteiger partial charge is 0.487 e. The number of sulfonamides is 1. The molecule has 0 unspecified atom stereocenters. The lowest BCUT2D eigenvalue weighted by molar-refractivity contribution is -0.127. The van der Waals surface area contributed by atoms with Gasteiger partial charge in [-0.15, -0.1) is 0 Å². The first-order valence-corrected chi connectivity index (χ1v) is 12.4. The number of ether oxygens (including phenoxy) is 1. The summed E-state index contributed by atoms with van der Waals surface area (Å²) in [6, 6.07) is 16.9. The normalized spacial score (nSPS) is 21.7. The molecule has 1 N–H and O–H groups in total. The van der Waals surface area contributed by atoms with E-state index in [1.165, 1.54) is 4.31 Å². The van der Waals surface area contributed by atoms with Gasteiger partial charge in [0.25, 0.3) is 0 Å². The molecule has 0 aromatic heterocycles. The fourth-order valence-electron chi connectivity index (χ4n) is 4.49. The van der Waals surface area contributed by atoms with Crippen molar-refractivity contribution in [1.82, 2.24) is 9.62 Å². The Hall–Kier alpha value is -2.38. The number of carbonyl (C=O) groups excluding carboxylic acids is 1. The molecular formula is C24H30N2O4S. The smallest absolute Gasteiger partial charge is 0.223 e. The summed E-state index contributed by atoms with van der Waals surface area (Å²) in [5.74, 6) is 0.628. The third-order valence-corrected chi connectivity index (χ3v) is 7.95. The zero-order valence-corrected chi connectivity index (χ0v) is 18.9. The second-order valence-corrected chi connectivity index (χ2v) is 11.0. The van der Waals surface area contributed by atoms with Crippen LogP contribution in [0.15, 0.2) is 54.6 Å².